The molecule has 5 nitrogen and oxygen atoms in total. The molecule has 3 heterocycles. The van der Waals surface area contributed by atoms with Crippen LogP contribution >= 0.6 is 11.3 Å². The molecule has 2 N–H and O–H groups in total. The van der Waals surface area contributed by atoms with Gasteiger partial charge in [-0.2, -0.15) is 0 Å². The molecule has 4 aromatic rings. The Balaban J connectivity index is 1.84. The van der Waals surface area contributed by atoms with Gasteiger partial charge in [0.05, 0.1) is 6.26 Å². The third-order valence-corrected chi connectivity index (χ3v) is 4.32. The Hall–Kier alpha value is -2.86. The minimum Gasteiger partial charge on any atom is -0.505 e. The number of pyridine rings is 1. The van der Waals surface area contributed by atoms with E-state index in [0.717, 1.165) is 10.5 Å². The first-order valence-electron chi connectivity index (χ1n) is 7.09. The summed E-state index contributed by atoms with van der Waals surface area (Å²) in [6.45, 7) is 0. The van der Waals surface area contributed by atoms with Gasteiger partial charge in [-0.3, -0.25) is 4.98 Å². The van der Waals surface area contributed by atoms with Crippen LogP contribution in [0.15, 0.2) is 64.9 Å². The van der Waals surface area contributed by atoms with Crippen molar-refractivity contribution in [1.29, 1.82) is 0 Å². The van der Waals surface area contributed by atoms with Crippen LogP contribution < -0.4 is 5.32 Å². The van der Waals surface area contributed by atoms with E-state index >= 15 is 0 Å². The van der Waals surface area contributed by atoms with Crippen LogP contribution in [-0.2, 0) is 0 Å². The molecular formula is C17H13N3O2S. The Kier molecular flexibility index (Phi) is 3.44. The van der Waals surface area contributed by atoms with E-state index in [-0.39, 0.29) is 11.8 Å². The van der Waals surface area contributed by atoms with Gasteiger partial charge in [0, 0.05) is 28.7 Å². The Morgan fingerprint density at radius 1 is 1.09 bits per heavy atom. The molecule has 0 amide bonds. The van der Waals surface area contributed by atoms with Gasteiger partial charge in [0.25, 0.3) is 0 Å². The molecule has 0 bridgehead atoms. The summed E-state index contributed by atoms with van der Waals surface area (Å²) >= 11 is 1.49. The number of aromatic hydroxyl groups is 1. The number of fused-ring (bicyclic) bond motifs is 1. The highest BCUT2D eigenvalue weighted by molar-refractivity contribution is 7.13. The Labute approximate surface area is 136 Å². The number of anilines is 1. The van der Waals surface area contributed by atoms with Gasteiger partial charge in [-0.05, 0) is 18.2 Å². The van der Waals surface area contributed by atoms with Crippen molar-refractivity contribution in [1.82, 2.24) is 9.97 Å². The fraction of sp³-hybridized carbons (Fsp3) is 0.0588. The molecule has 3 aromatic heterocycles. The average molecular weight is 323 g/mol. The van der Waals surface area contributed by atoms with Gasteiger partial charge in [-0.1, -0.05) is 18.2 Å². The lowest BCUT2D eigenvalue weighted by Gasteiger charge is -2.18. The molecule has 114 valence electrons. The van der Waals surface area contributed by atoms with Crippen LogP contribution in [0.5, 0.6) is 5.75 Å². The molecule has 0 aliphatic carbocycles. The summed E-state index contributed by atoms with van der Waals surface area (Å²) in [5.74, 6) is 0.847. The number of rotatable bonds is 4. The van der Waals surface area contributed by atoms with Crippen molar-refractivity contribution in [2.24, 2.45) is 0 Å². The summed E-state index contributed by atoms with van der Waals surface area (Å²) in [6.07, 6.45) is 5.01. The molecular weight excluding hydrogens is 310 g/mol. The highest BCUT2D eigenvalue weighted by Gasteiger charge is 2.22. The number of furan rings is 1. The predicted molar refractivity (Wildman–Crippen MR) is 89.7 cm³/mol. The zero-order chi connectivity index (χ0) is 15.6. The summed E-state index contributed by atoms with van der Waals surface area (Å²) < 4.78 is 5.55. The Morgan fingerprint density at radius 2 is 2.04 bits per heavy atom. The van der Waals surface area contributed by atoms with Crippen molar-refractivity contribution in [3.63, 3.8) is 0 Å². The molecule has 4 rings (SSSR count). The second kappa shape index (κ2) is 5.73. The molecule has 0 spiro atoms. The number of nitrogens with zero attached hydrogens (tertiary/aromatic N) is 2. The number of phenols is 1. The number of hydrogen-bond acceptors (Lipinski definition) is 6. The summed E-state index contributed by atoms with van der Waals surface area (Å²) in [4.78, 5) is 8.53. The lowest BCUT2D eigenvalue weighted by atomic mass is 10.0. The number of hydrogen-bond donors (Lipinski definition) is 2. The van der Waals surface area contributed by atoms with Crippen molar-refractivity contribution in [3.05, 3.63) is 71.8 Å². The van der Waals surface area contributed by atoms with Gasteiger partial charge in [0.2, 0.25) is 0 Å². The van der Waals surface area contributed by atoms with Gasteiger partial charge >= 0.3 is 0 Å². The first-order valence-corrected chi connectivity index (χ1v) is 7.97. The second-order valence-corrected chi connectivity index (χ2v) is 5.90. The van der Waals surface area contributed by atoms with Crippen molar-refractivity contribution in [3.8, 4) is 5.75 Å². The van der Waals surface area contributed by atoms with Crippen LogP contribution in [-0.4, -0.2) is 15.1 Å². The highest BCUT2D eigenvalue weighted by Crippen LogP contribution is 2.36. The number of aromatic nitrogens is 2. The lowest BCUT2D eigenvalue weighted by molar-refractivity contribution is 0.458. The maximum absolute atomic E-state index is 10.7. The Morgan fingerprint density at radius 3 is 2.83 bits per heavy atom. The van der Waals surface area contributed by atoms with E-state index in [1.807, 2.05) is 41.8 Å². The van der Waals surface area contributed by atoms with Gasteiger partial charge in [0.15, 0.2) is 5.13 Å². The molecule has 0 saturated heterocycles. The van der Waals surface area contributed by atoms with E-state index < -0.39 is 0 Å². The van der Waals surface area contributed by atoms with Crippen molar-refractivity contribution >= 4 is 27.4 Å². The summed E-state index contributed by atoms with van der Waals surface area (Å²) in [5, 5.41) is 17.5. The summed E-state index contributed by atoms with van der Waals surface area (Å²) in [6, 6.07) is 10.9. The van der Waals surface area contributed by atoms with Gasteiger partial charge < -0.3 is 14.8 Å². The molecule has 0 unspecified atom stereocenters. The van der Waals surface area contributed by atoms with E-state index in [0.29, 0.717) is 16.8 Å². The van der Waals surface area contributed by atoms with Gasteiger partial charge in [-0.25, -0.2) is 4.98 Å². The first kappa shape index (κ1) is 13.8. The van der Waals surface area contributed by atoms with Crippen LogP contribution in [0.4, 0.5) is 5.13 Å². The molecule has 0 aliphatic rings. The Bertz CT molecular complexity index is 920. The number of benzene rings is 1. The zero-order valence-electron chi connectivity index (χ0n) is 12.0. The van der Waals surface area contributed by atoms with Crippen LogP contribution in [0.2, 0.25) is 0 Å². The van der Waals surface area contributed by atoms with Crippen LogP contribution in [0.3, 0.4) is 0 Å². The molecule has 1 atom stereocenters. The van der Waals surface area contributed by atoms with Gasteiger partial charge in [-0.15, -0.1) is 11.3 Å². The quantitative estimate of drug-likeness (QED) is 0.589. The normalized spacial score (nSPS) is 12.3. The molecule has 0 aliphatic heterocycles. The second-order valence-electron chi connectivity index (χ2n) is 5.01. The fourth-order valence-corrected chi connectivity index (χ4v) is 3.11. The third kappa shape index (κ3) is 2.53. The molecule has 0 fully saturated rings. The third-order valence-electron chi connectivity index (χ3n) is 3.62. The lowest BCUT2D eigenvalue weighted by Crippen LogP contribution is -2.12. The maximum atomic E-state index is 10.7. The monoisotopic (exact) mass is 323 g/mol. The SMILES string of the molecule is Oc1c([C@H](Nc2nccs2)c2ccco2)ccc2cccnc12. The standard InChI is InChI=1S/C17H13N3O2S/c21-16-12(6-5-11-3-1-7-18-14(11)16)15(13-4-2-9-22-13)20-17-19-8-10-23-17/h1-10,15,21H,(H,19,20)/t15-/m0/s1. The van der Waals surface area contributed by atoms with Crippen molar-refractivity contribution in [2.45, 2.75) is 6.04 Å². The van der Waals surface area contributed by atoms with E-state index in [1.165, 1.54) is 11.3 Å². The van der Waals surface area contributed by atoms with E-state index in [1.54, 1.807) is 18.7 Å². The van der Waals surface area contributed by atoms with Crippen molar-refractivity contribution < 1.29 is 9.52 Å². The minimum absolute atomic E-state index is 0.147. The smallest absolute Gasteiger partial charge is 0.183 e. The number of thiazole rings is 1. The fourth-order valence-electron chi connectivity index (χ4n) is 2.55. The number of phenolic OH excluding ortho intramolecular Hbond substituents is 1. The number of nitrogens with one attached hydrogen (secondary N) is 1. The van der Waals surface area contributed by atoms with E-state index in [2.05, 4.69) is 15.3 Å². The molecule has 6 heteroatoms. The summed E-state index contributed by atoms with van der Waals surface area (Å²) in [5.41, 5.74) is 1.27. The largest absolute Gasteiger partial charge is 0.505 e. The van der Waals surface area contributed by atoms with Crippen LogP contribution in [0.25, 0.3) is 10.9 Å². The summed E-state index contributed by atoms with van der Waals surface area (Å²) in [7, 11) is 0. The molecule has 23 heavy (non-hydrogen) atoms. The predicted octanol–water partition coefficient (Wildman–Crippen LogP) is 4.19. The van der Waals surface area contributed by atoms with Crippen LogP contribution in [0.1, 0.15) is 17.4 Å². The van der Waals surface area contributed by atoms with E-state index in [9.17, 15) is 5.11 Å². The van der Waals surface area contributed by atoms with E-state index in [4.69, 9.17) is 4.42 Å². The minimum atomic E-state index is -0.345. The maximum Gasteiger partial charge on any atom is 0.183 e. The highest BCUT2D eigenvalue weighted by atomic mass is 32.1. The average Bonchev–Trinajstić information content (AvgIpc) is 3.27. The van der Waals surface area contributed by atoms with Gasteiger partial charge in [0.1, 0.15) is 23.1 Å². The van der Waals surface area contributed by atoms with Crippen molar-refractivity contribution in [2.75, 3.05) is 5.32 Å². The molecule has 0 saturated carbocycles. The molecule has 1 aromatic carbocycles. The molecule has 0 radical (unpaired) electrons. The first-order chi connectivity index (χ1) is 11.3. The van der Waals surface area contributed by atoms with Crippen LogP contribution in [0, 0.1) is 0 Å². The topological polar surface area (TPSA) is 71.2 Å². The zero-order valence-corrected chi connectivity index (χ0v) is 12.8.